The van der Waals surface area contributed by atoms with E-state index in [2.05, 4.69) is 20.9 Å². The maximum Gasteiger partial charge on any atom is 0.238 e. The number of likely N-dealkylation sites (N-methyl/N-ethyl adjacent to an activating group) is 1. The Morgan fingerprint density at radius 1 is 1.12 bits per heavy atom. The second-order valence-corrected chi connectivity index (χ2v) is 7.67. The number of anilines is 1. The number of hydrogen-bond donors (Lipinski definition) is 3. The van der Waals surface area contributed by atoms with Gasteiger partial charge in [-0.2, -0.15) is 0 Å². The largest absolute Gasteiger partial charge is 0.489 e. The van der Waals surface area contributed by atoms with Gasteiger partial charge in [0, 0.05) is 18.3 Å². The smallest absolute Gasteiger partial charge is 0.238 e. The molecule has 2 rings (SSSR count). The minimum absolute atomic E-state index is 0. The van der Waals surface area contributed by atoms with Crippen LogP contribution in [0.15, 0.2) is 53.5 Å². The first-order valence-corrected chi connectivity index (χ1v) is 10.9. The summed E-state index contributed by atoms with van der Waals surface area (Å²) >= 11 is 0. The third kappa shape index (κ3) is 11.3. The molecule has 0 aliphatic carbocycles. The zero-order valence-corrected chi connectivity index (χ0v) is 22.1. The van der Waals surface area contributed by atoms with E-state index >= 15 is 0 Å². The van der Waals surface area contributed by atoms with Gasteiger partial charge in [0.05, 0.1) is 19.6 Å². The molecule has 0 bridgehead atoms. The first-order chi connectivity index (χ1) is 15.4. The number of amides is 1. The van der Waals surface area contributed by atoms with E-state index in [0.717, 1.165) is 17.7 Å². The van der Waals surface area contributed by atoms with Crippen LogP contribution in [0.2, 0.25) is 0 Å². The second-order valence-electron chi connectivity index (χ2n) is 7.67. The lowest BCUT2D eigenvalue weighted by atomic mass is 10.2. The van der Waals surface area contributed by atoms with Crippen LogP contribution in [0.4, 0.5) is 10.1 Å². The number of hydrogen-bond acceptors (Lipinski definition) is 4. The number of guanidine groups is 1. The van der Waals surface area contributed by atoms with Crippen LogP contribution in [0.5, 0.6) is 5.75 Å². The predicted octanol–water partition coefficient (Wildman–Crippen LogP) is 3.86. The summed E-state index contributed by atoms with van der Waals surface area (Å²) in [5, 5.41) is 9.41. The van der Waals surface area contributed by atoms with Crippen molar-refractivity contribution in [1.29, 1.82) is 0 Å². The summed E-state index contributed by atoms with van der Waals surface area (Å²) in [6, 6.07) is 13.8. The minimum atomic E-state index is -0.319. The zero-order valence-electron chi connectivity index (χ0n) is 19.7. The van der Waals surface area contributed by atoms with Gasteiger partial charge in [0.2, 0.25) is 5.91 Å². The maximum absolute atomic E-state index is 13.4. The van der Waals surface area contributed by atoms with Crippen LogP contribution in [0.1, 0.15) is 25.8 Å². The minimum Gasteiger partial charge on any atom is -0.489 e. The number of nitrogens with one attached hydrogen (secondary N) is 3. The summed E-state index contributed by atoms with van der Waals surface area (Å²) in [6.07, 6.45) is 0.633. The topological polar surface area (TPSA) is 78.0 Å². The van der Waals surface area contributed by atoms with Crippen LogP contribution in [-0.4, -0.2) is 56.6 Å². The molecule has 1 amide bonds. The van der Waals surface area contributed by atoms with Crippen LogP contribution in [-0.2, 0) is 11.3 Å². The molecule has 2 aromatic carbocycles. The lowest BCUT2D eigenvalue weighted by Crippen LogP contribution is -2.42. The number of ether oxygens (including phenoxy) is 1. The fraction of sp³-hybridized carbons (Fsp3) is 0.417. The number of nitrogens with zero attached hydrogens (tertiary/aromatic N) is 2. The molecule has 0 saturated heterocycles. The lowest BCUT2D eigenvalue weighted by molar-refractivity contribution is -0.116. The highest BCUT2D eigenvalue weighted by atomic mass is 127. The van der Waals surface area contributed by atoms with Gasteiger partial charge in [0.15, 0.2) is 5.96 Å². The molecule has 0 radical (unpaired) electrons. The van der Waals surface area contributed by atoms with Crippen molar-refractivity contribution in [2.75, 3.05) is 39.0 Å². The van der Waals surface area contributed by atoms with Crippen molar-refractivity contribution in [2.24, 2.45) is 4.99 Å². The molecule has 33 heavy (non-hydrogen) atoms. The van der Waals surface area contributed by atoms with E-state index < -0.39 is 0 Å². The average Bonchev–Trinajstić information content (AvgIpc) is 2.74. The summed E-state index contributed by atoms with van der Waals surface area (Å²) in [6.45, 7) is 6.04. The molecular weight excluding hydrogens is 536 g/mol. The van der Waals surface area contributed by atoms with Crippen molar-refractivity contribution in [2.45, 2.75) is 32.9 Å². The molecule has 0 aliphatic heterocycles. The fourth-order valence-corrected chi connectivity index (χ4v) is 2.96. The summed E-state index contributed by atoms with van der Waals surface area (Å²) in [4.78, 5) is 18.4. The van der Waals surface area contributed by atoms with Crippen LogP contribution < -0.4 is 20.7 Å². The number of carbonyl (C=O) groups excluding carboxylic acids is 1. The average molecular weight is 571 g/mol. The van der Waals surface area contributed by atoms with Crippen molar-refractivity contribution in [1.82, 2.24) is 15.5 Å². The molecule has 0 fully saturated rings. The normalized spacial score (nSPS) is 12.0. The van der Waals surface area contributed by atoms with Gasteiger partial charge in [0.25, 0.3) is 0 Å². The lowest BCUT2D eigenvalue weighted by Gasteiger charge is -2.20. The highest BCUT2D eigenvalue weighted by Gasteiger charge is 2.10. The van der Waals surface area contributed by atoms with E-state index in [9.17, 15) is 9.18 Å². The molecule has 7 nitrogen and oxygen atoms in total. The summed E-state index contributed by atoms with van der Waals surface area (Å²) < 4.78 is 19.3. The monoisotopic (exact) mass is 571 g/mol. The highest BCUT2D eigenvalue weighted by Crippen LogP contribution is 2.15. The van der Waals surface area contributed by atoms with Crippen LogP contribution in [0.3, 0.4) is 0 Å². The Labute approximate surface area is 213 Å². The molecule has 0 spiro atoms. The van der Waals surface area contributed by atoms with Crippen LogP contribution in [0.25, 0.3) is 0 Å². The first-order valence-electron chi connectivity index (χ1n) is 10.9. The SMILES string of the molecule is CCNC(=NCc1cccc(NC(=O)CN(C)C)c1)NCC(CC)Oc1cccc(F)c1.I. The Bertz CT molecular complexity index is 895. The molecule has 1 unspecified atom stereocenters. The van der Waals surface area contributed by atoms with Crippen molar-refractivity contribution >= 4 is 41.5 Å². The van der Waals surface area contributed by atoms with Crippen LogP contribution >= 0.6 is 24.0 Å². The van der Waals surface area contributed by atoms with Crippen LogP contribution in [0, 0.1) is 5.82 Å². The van der Waals surface area contributed by atoms with Gasteiger partial charge in [-0.15, -0.1) is 24.0 Å². The third-order valence-corrected chi connectivity index (χ3v) is 4.49. The Hall–Kier alpha value is -2.40. The Kier molecular flexibility index (Phi) is 13.4. The van der Waals surface area contributed by atoms with Crippen molar-refractivity contribution < 1.29 is 13.9 Å². The van der Waals surface area contributed by atoms with E-state index in [1.54, 1.807) is 12.1 Å². The molecule has 1 atom stereocenters. The molecule has 0 heterocycles. The molecule has 3 N–H and O–H groups in total. The van der Waals surface area contributed by atoms with Crippen molar-refractivity contribution in [3.8, 4) is 5.75 Å². The molecule has 0 aliphatic rings. The van der Waals surface area contributed by atoms with Gasteiger partial charge in [-0.3, -0.25) is 4.79 Å². The van der Waals surface area contributed by atoms with Gasteiger partial charge in [0.1, 0.15) is 17.7 Å². The predicted molar refractivity (Wildman–Crippen MR) is 143 cm³/mol. The van der Waals surface area contributed by atoms with Gasteiger partial charge < -0.3 is 25.6 Å². The van der Waals surface area contributed by atoms with E-state index in [1.807, 2.05) is 57.1 Å². The maximum atomic E-state index is 13.4. The van der Waals surface area contributed by atoms with Gasteiger partial charge in [-0.25, -0.2) is 9.38 Å². The van der Waals surface area contributed by atoms with E-state index in [4.69, 9.17) is 4.74 Å². The number of aliphatic imine (C=N–C) groups is 1. The second kappa shape index (κ2) is 15.4. The molecule has 9 heteroatoms. The van der Waals surface area contributed by atoms with Crippen molar-refractivity contribution in [3.63, 3.8) is 0 Å². The standard InChI is InChI=1S/C24H34FN5O2.HI/c1-5-21(32-22-12-8-10-19(25)14-22)16-28-24(26-6-2)27-15-18-9-7-11-20(13-18)29-23(31)17-30(3)4;/h7-14,21H,5-6,15-17H2,1-4H3,(H,29,31)(H2,26,27,28);1H. The summed E-state index contributed by atoms with van der Waals surface area (Å²) in [7, 11) is 3.71. The molecule has 182 valence electrons. The fourth-order valence-electron chi connectivity index (χ4n) is 2.96. The van der Waals surface area contributed by atoms with Crippen molar-refractivity contribution in [3.05, 3.63) is 59.9 Å². The Morgan fingerprint density at radius 2 is 1.88 bits per heavy atom. The van der Waals surface area contributed by atoms with E-state index in [1.165, 1.54) is 12.1 Å². The summed E-state index contributed by atoms with van der Waals surface area (Å²) in [5.74, 6) is 0.791. The third-order valence-electron chi connectivity index (χ3n) is 4.49. The molecule has 0 aromatic heterocycles. The Morgan fingerprint density at radius 3 is 2.55 bits per heavy atom. The van der Waals surface area contributed by atoms with Gasteiger partial charge in [-0.05, 0) is 57.3 Å². The Balaban J connectivity index is 0.00000544. The molecule has 2 aromatic rings. The number of halogens is 2. The first kappa shape index (κ1) is 28.6. The van der Waals surface area contributed by atoms with E-state index in [0.29, 0.717) is 37.9 Å². The number of rotatable bonds is 11. The quantitative estimate of drug-likeness (QED) is 0.217. The van der Waals surface area contributed by atoms with Gasteiger partial charge >= 0.3 is 0 Å². The summed E-state index contributed by atoms with van der Waals surface area (Å²) in [5.41, 5.74) is 1.73. The zero-order chi connectivity index (χ0) is 23.3. The highest BCUT2D eigenvalue weighted by molar-refractivity contribution is 14.0. The van der Waals surface area contributed by atoms with E-state index in [-0.39, 0.29) is 41.8 Å². The number of benzene rings is 2. The molecular formula is C24H35FIN5O2. The molecule has 0 saturated carbocycles. The number of carbonyl (C=O) groups is 1. The van der Waals surface area contributed by atoms with Gasteiger partial charge in [-0.1, -0.05) is 25.1 Å².